The van der Waals surface area contributed by atoms with E-state index in [4.69, 9.17) is 16.3 Å². The molecule has 0 aromatic rings. The molecule has 0 aliphatic carbocycles. The number of alkyl halides is 1. The third-order valence-electron chi connectivity index (χ3n) is 3.25. The normalized spacial score (nSPS) is 21.4. The minimum absolute atomic E-state index is 0.000276. The predicted molar refractivity (Wildman–Crippen MR) is 70.4 cm³/mol. The van der Waals surface area contributed by atoms with Crippen molar-refractivity contribution in [2.24, 2.45) is 0 Å². The lowest BCUT2D eigenvalue weighted by atomic mass is 10.0. The molecule has 1 aliphatic rings. The van der Waals surface area contributed by atoms with Crippen LogP contribution in [-0.4, -0.2) is 42.5 Å². The molecule has 1 saturated heterocycles. The number of likely N-dealkylation sites (tertiary alicyclic amines) is 1. The zero-order chi connectivity index (χ0) is 12.5. The van der Waals surface area contributed by atoms with Crippen molar-refractivity contribution in [3.05, 3.63) is 0 Å². The van der Waals surface area contributed by atoms with Gasteiger partial charge in [0.25, 0.3) is 0 Å². The molecule has 0 aromatic carbocycles. The van der Waals surface area contributed by atoms with Gasteiger partial charge < -0.3 is 4.74 Å². The van der Waals surface area contributed by atoms with E-state index < -0.39 is 0 Å². The van der Waals surface area contributed by atoms with Crippen LogP contribution in [0.3, 0.4) is 0 Å². The molecule has 1 heterocycles. The van der Waals surface area contributed by atoms with Gasteiger partial charge in [-0.05, 0) is 45.7 Å². The molecule has 17 heavy (non-hydrogen) atoms. The van der Waals surface area contributed by atoms with Crippen LogP contribution in [0.1, 0.15) is 45.4 Å². The van der Waals surface area contributed by atoms with Crippen LogP contribution in [-0.2, 0) is 9.53 Å². The Labute approximate surface area is 109 Å². The van der Waals surface area contributed by atoms with Gasteiger partial charge in [0.05, 0.1) is 6.61 Å². The van der Waals surface area contributed by atoms with Crippen molar-refractivity contribution >= 4 is 17.6 Å². The molecule has 0 aromatic heterocycles. The first-order valence-corrected chi connectivity index (χ1v) is 7.29. The van der Waals surface area contributed by atoms with Crippen LogP contribution in [0.15, 0.2) is 0 Å². The highest BCUT2D eigenvalue weighted by atomic mass is 35.5. The average Bonchev–Trinajstić information content (AvgIpc) is 2.35. The summed E-state index contributed by atoms with van der Waals surface area (Å²) in [6.07, 6.45) is 6.64. The van der Waals surface area contributed by atoms with Crippen LogP contribution < -0.4 is 0 Å². The SMILES string of the molecule is CCOC(=O)C1CCCCN1CCCCCCl. The standard InChI is InChI=1S/C13H24ClNO2/c1-2-17-13(16)12-8-4-7-11-15(12)10-6-3-5-9-14/h12H,2-11H2,1H3. The van der Waals surface area contributed by atoms with Gasteiger partial charge in [-0.1, -0.05) is 12.8 Å². The number of hydrogen-bond acceptors (Lipinski definition) is 3. The van der Waals surface area contributed by atoms with Crippen molar-refractivity contribution in [3.8, 4) is 0 Å². The molecule has 4 heteroatoms. The van der Waals surface area contributed by atoms with E-state index in [1.807, 2.05) is 6.92 Å². The third kappa shape index (κ3) is 5.26. The molecule has 1 fully saturated rings. The number of hydrogen-bond donors (Lipinski definition) is 0. The van der Waals surface area contributed by atoms with Crippen LogP contribution in [0.4, 0.5) is 0 Å². The molecule has 1 atom stereocenters. The van der Waals surface area contributed by atoms with Gasteiger partial charge >= 0.3 is 5.97 Å². The second-order valence-corrected chi connectivity index (χ2v) is 4.93. The molecule has 3 nitrogen and oxygen atoms in total. The number of ether oxygens (including phenoxy) is 1. The molecule has 1 rings (SSSR count). The quantitative estimate of drug-likeness (QED) is 0.401. The minimum Gasteiger partial charge on any atom is -0.465 e. The van der Waals surface area contributed by atoms with Crippen LogP contribution in [0.2, 0.25) is 0 Å². The number of carbonyl (C=O) groups excluding carboxylic acids is 1. The van der Waals surface area contributed by atoms with Gasteiger partial charge in [0.2, 0.25) is 0 Å². The maximum atomic E-state index is 11.8. The van der Waals surface area contributed by atoms with E-state index in [0.717, 1.165) is 51.1 Å². The highest BCUT2D eigenvalue weighted by molar-refractivity contribution is 6.17. The van der Waals surface area contributed by atoms with E-state index in [1.165, 1.54) is 6.42 Å². The summed E-state index contributed by atoms with van der Waals surface area (Å²) in [7, 11) is 0. The lowest BCUT2D eigenvalue weighted by Crippen LogP contribution is -2.45. The first kappa shape index (κ1) is 14.8. The molecular formula is C13H24ClNO2. The first-order valence-electron chi connectivity index (χ1n) is 6.76. The Bertz CT molecular complexity index is 223. The number of nitrogens with zero attached hydrogens (tertiary/aromatic N) is 1. The van der Waals surface area contributed by atoms with Gasteiger partial charge in [-0.25, -0.2) is 0 Å². The van der Waals surface area contributed by atoms with Crippen LogP contribution >= 0.6 is 11.6 Å². The minimum atomic E-state index is -0.0375. The molecule has 0 amide bonds. The van der Waals surface area contributed by atoms with E-state index in [9.17, 15) is 4.79 Å². The smallest absolute Gasteiger partial charge is 0.323 e. The fourth-order valence-corrected chi connectivity index (χ4v) is 2.54. The monoisotopic (exact) mass is 261 g/mol. The molecule has 0 bridgehead atoms. The van der Waals surface area contributed by atoms with Crippen molar-refractivity contribution in [1.29, 1.82) is 0 Å². The molecule has 0 radical (unpaired) electrons. The first-order chi connectivity index (χ1) is 8.29. The number of esters is 1. The van der Waals surface area contributed by atoms with Crippen LogP contribution in [0.25, 0.3) is 0 Å². The van der Waals surface area contributed by atoms with E-state index in [2.05, 4.69) is 4.90 Å². The average molecular weight is 262 g/mol. The van der Waals surface area contributed by atoms with Crippen molar-refractivity contribution in [2.75, 3.05) is 25.6 Å². The number of rotatable bonds is 7. The molecule has 1 aliphatic heterocycles. The van der Waals surface area contributed by atoms with Gasteiger partial charge in [-0.15, -0.1) is 11.6 Å². The summed E-state index contributed by atoms with van der Waals surface area (Å²) < 4.78 is 5.14. The zero-order valence-electron chi connectivity index (χ0n) is 10.8. The van der Waals surface area contributed by atoms with E-state index >= 15 is 0 Å². The Kier molecular flexibility index (Phi) is 7.62. The lowest BCUT2D eigenvalue weighted by Gasteiger charge is -2.33. The topological polar surface area (TPSA) is 29.5 Å². The largest absolute Gasteiger partial charge is 0.465 e. The van der Waals surface area contributed by atoms with Gasteiger partial charge in [0.15, 0.2) is 0 Å². The lowest BCUT2D eigenvalue weighted by molar-refractivity contribution is -0.150. The Balaban J connectivity index is 2.34. The number of piperidine rings is 1. The van der Waals surface area contributed by atoms with Crippen molar-refractivity contribution in [2.45, 2.75) is 51.5 Å². The highest BCUT2D eigenvalue weighted by Gasteiger charge is 2.28. The Morgan fingerprint density at radius 2 is 2.18 bits per heavy atom. The van der Waals surface area contributed by atoms with Gasteiger partial charge in [-0.3, -0.25) is 9.69 Å². The second-order valence-electron chi connectivity index (χ2n) is 4.55. The van der Waals surface area contributed by atoms with Crippen LogP contribution in [0.5, 0.6) is 0 Å². The Morgan fingerprint density at radius 3 is 2.88 bits per heavy atom. The summed E-state index contributed by atoms with van der Waals surface area (Å²) >= 11 is 5.66. The van der Waals surface area contributed by atoms with Crippen LogP contribution in [0, 0.1) is 0 Å². The third-order valence-corrected chi connectivity index (χ3v) is 3.52. The number of unbranched alkanes of at least 4 members (excludes halogenated alkanes) is 2. The molecule has 0 saturated carbocycles. The molecule has 100 valence electrons. The number of halogens is 1. The Morgan fingerprint density at radius 1 is 1.35 bits per heavy atom. The summed E-state index contributed by atoms with van der Waals surface area (Å²) in [5.41, 5.74) is 0. The molecular weight excluding hydrogens is 238 g/mol. The molecule has 0 spiro atoms. The molecule has 1 unspecified atom stereocenters. The summed E-state index contributed by atoms with van der Waals surface area (Å²) in [6.45, 7) is 4.38. The summed E-state index contributed by atoms with van der Waals surface area (Å²) in [4.78, 5) is 14.1. The fourth-order valence-electron chi connectivity index (χ4n) is 2.35. The van der Waals surface area contributed by atoms with Gasteiger partial charge in [0, 0.05) is 5.88 Å². The molecule has 0 N–H and O–H groups in total. The maximum Gasteiger partial charge on any atom is 0.323 e. The van der Waals surface area contributed by atoms with E-state index in [1.54, 1.807) is 0 Å². The summed E-state index contributed by atoms with van der Waals surface area (Å²) in [5, 5.41) is 0. The van der Waals surface area contributed by atoms with Crippen molar-refractivity contribution in [1.82, 2.24) is 4.90 Å². The highest BCUT2D eigenvalue weighted by Crippen LogP contribution is 2.19. The summed E-state index contributed by atoms with van der Waals surface area (Å²) in [6, 6.07) is -0.000276. The van der Waals surface area contributed by atoms with Gasteiger partial charge in [-0.2, -0.15) is 0 Å². The van der Waals surface area contributed by atoms with Gasteiger partial charge in [0.1, 0.15) is 6.04 Å². The van der Waals surface area contributed by atoms with E-state index in [0.29, 0.717) is 6.61 Å². The number of carbonyl (C=O) groups is 1. The van der Waals surface area contributed by atoms with Crippen molar-refractivity contribution < 1.29 is 9.53 Å². The Hall–Kier alpha value is -0.280. The zero-order valence-corrected chi connectivity index (χ0v) is 11.5. The summed E-state index contributed by atoms with van der Waals surface area (Å²) in [5.74, 6) is 0.700. The fraction of sp³-hybridized carbons (Fsp3) is 0.923. The van der Waals surface area contributed by atoms with Crippen molar-refractivity contribution in [3.63, 3.8) is 0 Å². The predicted octanol–water partition coefficient (Wildman–Crippen LogP) is 2.81. The van der Waals surface area contributed by atoms with E-state index in [-0.39, 0.29) is 12.0 Å². The second kappa shape index (κ2) is 8.76. The maximum absolute atomic E-state index is 11.8.